The first-order chi connectivity index (χ1) is 15.7. The van der Waals surface area contributed by atoms with Crippen molar-refractivity contribution in [2.45, 2.75) is 33.2 Å². The summed E-state index contributed by atoms with van der Waals surface area (Å²) >= 11 is 0. The number of hydrogen-bond donors (Lipinski definition) is 0. The number of para-hydroxylation sites is 1. The van der Waals surface area contributed by atoms with Gasteiger partial charge in [-0.2, -0.15) is 5.10 Å². The number of aromatic nitrogens is 2. The van der Waals surface area contributed by atoms with Crippen LogP contribution in [0.15, 0.2) is 91.0 Å². The molecule has 0 aliphatic carbocycles. The van der Waals surface area contributed by atoms with Gasteiger partial charge >= 0.3 is 0 Å². The van der Waals surface area contributed by atoms with Gasteiger partial charge in [-0.05, 0) is 31.0 Å². The van der Waals surface area contributed by atoms with Crippen LogP contribution in [0.25, 0.3) is 16.9 Å². The van der Waals surface area contributed by atoms with Crippen molar-refractivity contribution < 1.29 is 4.79 Å². The van der Waals surface area contributed by atoms with Gasteiger partial charge in [-0.1, -0.05) is 92.2 Å². The van der Waals surface area contributed by atoms with E-state index in [1.165, 1.54) is 0 Å². The van der Waals surface area contributed by atoms with Gasteiger partial charge in [-0.25, -0.2) is 4.68 Å². The summed E-state index contributed by atoms with van der Waals surface area (Å²) in [7, 11) is 0. The molecule has 1 amide bonds. The number of benzene rings is 3. The Morgan fingerprint density at radius 2 is 1.47 bits per heavy atom. The number of nitrogens with zero attached hydrogens (tertiary/aromatic N) is 3. The van der Waals surface area contributed by atoms with E-state index >= 15 is 0 Å². The molecule has 0 atom stereocenters. The normalized spacial score (nSPS) is 10.8. The number of hydrogen-bond acceptors (Lipinski definition) is 2. The molecule has 4 nitrogen and oxygen atoms in total. The van der Waals surface area contributed by atoms with E-state index in [1.54, 1.807) is 0 Å². The molecule has 0 spiro atoms. The first-order valence-corrected chi connectivity index (χ1v) is 11.2. The highest BCUT2D eigenvalue weighted by molar-refractivity contribution is 6.01. The lowest BCUT2D eigenvalue weighted by atomic mass is 10.0. The van der Waals surface area contributed by atoms with Gasteiger partial charge in [0.1, 0.15) is 5.69 Å². The zero-order valence-electron chi connectivity index (χ0n) is 18.7. The summed E-state index contributed by atoms with van der Waals surface area (Å²) < 4.78 is 1.89. The zero-order valence-corrected chi connectivity index (χ0v) is 18.7. The van der Waals surface area contributed by atoms with Crippen LogP contribution < -0.4 is 0 Å². The van der Waals surface area contributed by atoms with Crippen LogP contribution in [0.4, 0.5) is 0 Å². The molecule has 0 bridgehead atoms. The van der Waals surface area contributed by atoms with Crippen molar-refractivity contribution in [3.05, 3.63) is 108 Å². The largest absolute Gasteiger partial charge is 0.334 e. The Morgan fingerprint density at radius 1 is 0.875 bits per heavy atom. The standard InChI is InChI=1S/C28H29N3O/c1-3-4-20-30(21-23-14-8-5-9-15-23)28(32)26-22(2)31(25-18-12-7-13-19-25)29-27(26)24-16-10-6-11-17-24/h5-19H,3-4,20-21H2,1-2H3. The molecular formula is C28H29N3O. The van der Waals surface area contributed by atoms with Crippen LogP contribution in [0.1, 0.15) is 41.4 Å². The summed E-state index contributed by atoms with van der Waals surface area (Å²) in [5.41, 5.74) is 5.28. The predicted molar refractivity (Wildman–Crippen MR) is 130 cm³/mol. The van der Waals surface area contributed by atoms with Crippen LogP contribution in [-0.4, -0.2) is 27.1 Å². The van der Waals surface area contributed by atoms with Crippen LogP contribution in [0.3, 0.4) is 0 Å². The van der Waals surface area contributed by atoms with Gasteiger partial charge in [-0.15, -0.1) is 0 Å². The SMILES string of the molecule is CCCCN(Cc1ccccc1)C(=O)c1c(-c2ccccc2)nn(-c2ccccc2)c1C. The Bertz CT molecular complexity index is 1150. The smallest absolute Gasteiger partial charge is 0.258 e. The summed E-state index contributed by atoms with van der Waals surface area (Å²) in [6, 6.07) is 30.2. The minimum atomic E-state index is 0.0286. The maximum atomic E-state index is 14.0. The summed E-state index contributed by atoms with van der Waals surface area (Å²) in [6.45, 7) is 5.44. The monoisotopic (exact) mass is 423 g/mol. The molecule has 162 valence electrons. The lowest BCUT2D eigenvalue weighted by Crippen LogP contribution is -2.32. The highest BCUT2D eigenvalue weighted by Crippen LogP contribution is 2.29. The highest BCUT2D eigenvalue weighted by Gasteiger charge is 2.27. The zero-order chi connectivity index (χ0) is 22.3. The number of unbranched alkanes of at least 4 members (excludes halogenated alkanes) is 1. The molecule has 1 heterocycles. The molecule has 0 saturated heterocycles. The van der Waals surface area contributed by atoms with E-state index in [9.17, 15) is 4.79 Å². The first kappa shape index (κ1) is 21.6. The molecule has 4 aromatic rings. The van der Waals surface area contributed by atoms with Crippen molar-refractivity contribution in [2.24, 2.45) is 0 Å². The molecule has 0 fully saturated rings. The van der Waals surface area contributed by atoms with E-state index in [4.69, 9.17) is 5.10 Å². The first-order valence-electron chi connectivity index (χ1n) is 11.2. The number of amides is 1. The minimum absolute atomic E-state index is 0.0286. The quantitative estimate of drug-likeness (QED) is 0.334. The van der Waals surface area contributed by atoms with Crippen LogP contribution in [0.2, 0.25) is 0 Å². The average Bonchev–Trinajstić information content (AvgIpc) is 3.20. The lowest BCUT2D eigenvalue weighted by molar-refractivity contribution is 0.0741. The molecule has 0 aliphatic rings. The maximum Gasteiger partial charge on any atom is 0.258 e. The van der Waals surface area contributed by atoms with Crippen LogP contribution >= 0.6 is 0 Å². The Morgan fingerprint density at radius 3 is 2.09 bits per heavy atom. The molecule has 1 aromatic heterocycles. The molecule has 0 saturated carbocycles. The molecule has 0 radical (unpaired) electrons. The number of carbonyl (C=O) groups is 1. The van der Waals surface area contributed by atoms with Crippen molar-refractivity contribution >= 4 is 5.91 Å². The van der Waals surface area contributed by atoms with Crippen LogP contribution in [0, 0.1) is 6.92 Å². The fourth-order valence-electron chi connectivity index (χ4n) is 3.94. The van der Waals surface area contributed by atoms with E-state index in [0.29, 0.717) is 18.7 Å². The van der Waals surface area contributed by atoms with Gasteiger partial charge in [-0.3, -0.25) is 4.79 Å². The van der Waals surface area contributed by atoms with Crippen LogP contribution in [0.5, 0.6) is 0 Å². The Balaban J connectivity index is 1.80. The van der Waals surface area contributed by atoms with Crippen LogP contribution in [-0.2, 0) is 6.54 Å². The van der Waals surface area contributed by atoms with E-state index in [1.807, 2.05) is 95.4 Å². The van der Waals surface area contributed by atoms with Crippen molar-refractivity contribution in [2.75, 3.05) is 6.54 Å². The van der Waals surface area contributed by atoms with E-state index in [-0.39, 0.29) is 5.91 Å². The second-order valence-corrected chi connectivity index (χ2v) is 7.99. The molecule has 0 aliphatic heterocycles. The van der Waals surface area contributed by atoms with Crippen molar-refractivity contribution in [1.82, 2.24) is 14.7 Å². The van der Waals surface area contributed by atoms with E-state index in [0.717, 1.165) is 41.0 Å². The number of rotatable bonds is 8. The average molecular weight is 424 g/mol. The molecule has 0 N–H and O–H groups in total. The third-order valence-corrected chi connectivity index (χ3v) is 5.66. The topological polar surface area (TPSA) is 38.1 Å². The third kappa shape index (κ3) is 4.65. The molecule has 4 heteroatoms. The fourth-order valence-corrected chi connectivity index (χ4v) is 3.94. The Labute approximate surface area is 190 Å². The van der Waals surface area contributed by atoms with Gasteiger partial charge in [0.15, 0.2) is 0 Å². The Hall–Kier alpha value is -3.66. The highest BCUT2D eigenvalue weighted by atomic mass is 16.2. The molecule has 0 unspecified atom stereocenters. The van der Waals surface area contributed by atoms with Crippen molar-refractivity contribution in [1.29, 1.82) is 0 Å². The van der Waals surface area contributed by atoms with Crippen molar-refractivity contribution in [3.63, 3.8) is 0 Å². The van der Waals surface area contributed by atoms with Gasteiger partial charge in [0.05, 0.1) is 16.9 Å². The fraction of sp³-hybridized carbons (Fsp3) is 0.214. The summed E-state index contributed by atoms with van der Waals surface area (Å²) in [5.74, 6) is 0.0286. The molecule has 4 rings (SSSR count). The Kier molecular flexibility index (Phi) is 6.81. The third-order valence-electron chi connectivity index (χ3n) is 5.66. The second-order valence-electron chi connectivity index (χ2n) is 7.99. The van der Waals surface area contributed by atoms with Gasteiger partial charge in [0.2, 0.25) is 0 Å². The van der Waals surface area contributed by atoms with E-state index in [2.05, 4.69) is 19.1 Å². The van der Waals surface area contributed by atoms with Gasteiger partial charge < -0.3 is 4.90 Å². The summed E-state index contributed by atoms with van der Waals surface area (Å²) in [6.07, 6.45) is 2.00. The summed E-state index contributed by atoms with van der Waals surface area (Å²) in [4.78, 5) is 16.0. The summed E-state index contributed by atoms with van der Waals surface area (Å²) in [5, 5.41) is 4.91. The minimum Gasteiger partial charge on any atom is -0.334 e. The maximum absolute atomic E-state index is 14.0. The van der Waals surface area contributed by atoms with E-state index < -0.39 is 0 Å². The second kappa shape index (κ2) is 10.1. The van der Waals surface area contributed by atoms with Crippen molar-refractivity contribution in [3.8, 4) is 16.9 Å². The van der Waals surface area contributed by atoms with Gasteiger partial charge in [0, 0.05) is 18.7 Å². The predicted octanol–water partition coefficient (Wildman–Crippen LogP) is 6.29. The van der Waals surface area contributed by atoms with Gasteiger partial charge in [0.25, 0.3) is 5.91 Å². The molecule has 3 aromatic carbocycles. The molecular weight excluding hydrogens is 394 g/mol. The lowest BCUT2D eigenvalue weighted by Gasteiger charge is -2.23. The molecule has 32 heavy (non-hydrogen) atoms. The number of carbonyl (C=O) groups excluding carboxylic acids is 1.